The van der Waals surface area contributed by atoms with Crippen molar-refractivity contribution in [1.82, 2.24) is 39.9 Å². The molecule has 0 unspecified atom stereocenters. The molecule has 0 spiro atoms. The summed E-state index contributed by atoms with van der Waals surface area (Å²) in [5.74, 6) is 0.867. The van der Waals surface area contributed by atoms with E-state index in [9.17, 15) is 25.9 Å². The van der Waals surface area contributed by atoms with Crippen LogP contribution in [0.5, 0.6) is 0 Å². The molecule has 2 aliphatic heterocycles. The van der Waals surface area contributed by atoms with Crippen LogP contribution in [0, 0.1) is 0 Å². The Kier molecular flexibility index (Phi) is 8.25. The summed E-state index contributed by atoms with van der Waals surface area (Å²) in [5.41, 5.74) is 2.85. The summed E-state index contributed by atoms with van der Waals surface area (Å²) in [7, 11) is -9.61. The Morgan fingerprint density at radius 2 is 0.740 bits per heavy atom. The molecule has 8 bridgehead atoms. The minimum absolute atomic E-state index is 0. The van der Waals surface area contributed by atoms with Gasteiger partial charge in [0.15, 0.2) is 0 Å². The molecule has 0 N–H and O–H groups in total. The van der Waals surface area contributed by atoms with Crippen LogP contribution in [0.4, 0.5) is 0 Å². The molecule has 0 saturated heterocycles. The summed E-state index contributed by atoms with van der Waals surface area (Å²) >= 11 is 0. The molecule has 7 aromatic rings. The fraction of sp³-hybridized carbons (Fsp3) is 0. The fourth-order valence-electron chi connectivity index (χ4n) is 5.83. The van der Waals surface area contributed by atoms with Crippen LogP contribution in [0.2, 0.25) is 0 Å². The summed E-state index contributed by atoms with van der Waals surface area (Å²) in [6.07, 6.45) is 0. The Morgan fingerprint density at radius 3 is 1.04 bits per heavy atom. The van der Waals surface area contributed by atoms with Gasteiger partial charge in [-0.05, 0) is 45.8 Å². The van der Waals surface area contributed by atoms with E-state index in [1.807, 2.05) is 0 Å². The fourth-order valence-corrected chi connectivity index (χ4v) is 6.82. The topological polar surface area (TPSA) is 220 Å². The Morgan fingerprint density at radius 1 is 0.440 bits per heavy atom. The quantitative estimate of drug-likeness (QED) is 0.177. The average molecular weight is 757 g/mol. The second kappa shape index (κ2) is 12.1. The van der Waals surface area contributed by atoms with Crippen LogP contribution < -0.4 is 39.5 Å². The van der Waals surface area contributed by atoms with Gasteiger partial charge in [0, 0.05) is 44.8 Å². The molecule has 2 aliphatic rings. The molecule has 4 aromatic carbocycles. The van der Waals surface area contributed by atoms with Crippen molar-refractivity contribution in [2.24, 2.45) is 0 Å². The van der Waals surface area contributed by atoms with Gasteiger partial charge in [-0.25, -0.2) is 26.8 Å². The summed E-state index contributed by atoms with van der Waals surface area (Å²) < 4.78 is 71.8. The zero-order chi connectivity index (χ0) is 32.9. The van der Waals surface area contributed by atoms with Gasteiger partial charge in [-0.15, -0.1) is 0 Å². The Labute approximate surface area is 314 Å². The first-order valence-electron chi connectivity index (χ1n) is 14.1. The van der Waals surface area contributed by atoms with Crippen LogP contribution in [0.1, 0.15) is 0 Å². The van der Waals surface area contributed by atoms with Gasteiger partial charge >= 0.3 is 46.6 Å². The number of fused-ring (bicyclic) bond motifs is 20. The van der Waals surface area contributed by atoms with E-state index in [0.29, 0.717) is 33.0 Å². The largest absolute Gasteiger partial charge is 2.00 e. The van der Waals surface area contributed by atoms with Gasteiger partial charge in [-0.3, -0.25) is 0 Å². The van der Waals surface area contributed by atoms with Gasteiger partial charge in [0.2, 0.25) is 0 Å². The van der Waals surface area contributed by atoms with Crippen LogP contribution in [-0.2, 0) is 37.3 Å². The molecule has 5 heterocycles. The summed E-state index contributed by atoms with van der Waals surface area (Å²) in [4.78, 5) is 36.6. The van der Waals surface area contributed by atoms with E-state index < -0.39 is 30.0 Å². The third-order valence-electron chi connectivity index (χ3n) is 8.04. The molecule has 0 atom stereocenters. The van der Waals surface area contributed by atoms with Crippen molar-refractivity contribution in [2.75, 3.05) is 0 Å². The normalized spacial score (nSPS) is 12.2. The maximum absolute atomic E-state index is 12.0. The number of aromatic nitrogens is 8. The van der Waals surface area contributed by atoms with Gasteiger partial charge in [-0.2, -0.15) is 0 Å². The maximum Gasteiger partial charge on any atom is 2.00 e. The first-order valence-corrected chi connectivity index (χ1v) is 16.9. The van der Waals surface area contributed by atoms with E-state index in [4.69, 9.17) is 19.9 Å². The van der Waals surface area contributed by atoms with Crippen LogP contribution in [0.25, 0.3) is 89.7 Å². The van der Waals surface area contributed by atoms with Crippen molar-refractivity contribution in [3.8, 4) is 45.6 Å². The third-order valence-corrected chi connectivity index (χ3v) is 9.70. The average Bonchev–Trinajstić information content (AvgIpc) is 3.79. The summed E-state index contributed by atoms with van der Waals surface area (Å²) in [5, 5.41) is 1.35. The van der Waals surface area contributed by atoms with Gasteiger partial charge < -0.3 is 39.0 Å². The predicted molar refractivity (Wildman–Crippen MR) is 170 cm³/mol. The van der Waals surface area contributed by atoms with Crippen molar-refractivity contribution in [3.05, 3.63) is 84.9 Å². The maximum atomic E-state index is 12.0. The summed E-state index contributed by atoms with van der Waals surface area (Å²) in [6, 6.07) is 22.0. The molecular weight excluding hydrogens is 743 g/mol. The Balaban J connectivity index is 0.00000196. The molecular formula is C32H14CuN8NaO6S2-. The number of nitrogens with zero attached hydrogens (tertiary/aromatic N) is 8. The molecule has 18 heteroatoms. The molecule has 14 nitrogen and oxygen atoms in total. The van der Waals surface area contributed by atoms with Crippen LogP contribution >= 0.6 is 0 Å². The van der Waals surface area contributed by atoms with Gasteiger partial charge in [0.25, 0.3) is 0 Å². The number of rotatable bonds is 2. The summed E-state index contributed by atoms with van der Waals surface area (Å²) in [6.45, 7) is 0. The van der Waals surface area contributed by atoms with Gasteiger partial charge in [0.05, 0.1) is 33.1 Å². The van der Waals surface area contributed by atoms with Crippen molar-refractivity contribution in [1.29, 1.82) is 0 Å². The second-order valence-electron chi connectivity index (χ2n) is 10.9. The third kappa shape index (κ3) is 5.53. The number of hydrogen-bond donors (Lipinski definition) is 0. The number of hydrogen-bond acceptors (Lipinski definition) is 12. The van der Waals surface area contributed by atoms with E-state index in [0.717, 1.165) is 0 Å². The van der Waals surface area contributed by atoms with Gasteiger partial charge in [-0.1, -0.05) is 60.7 Å². The predicted octanol–water partition coefficient (Wildman–Crippen LogP) is 0.937. The molecule has 0 amide bonds. The zero-order valence-corrected chi connectivity index (χ0v) is 29.8. The standard InChI is InChI=1S/C32H16N8O6S2.Cu.Na/c41-47(42,43)15-9-11-21-23(13-15)32-38-28-20-8-4-2-6-18(20)26(34-28)36-30-22-12-10-16(48(44,45)46)14-24(22)31(40-30)37-27-19-7-3-1-5-17(19)25(33-27)35-29(21)39-32;;/h1-14H,(H2-2,33,34,35,36,37,38,39,40,41,42,43,44,45,46);;/q-2;+2;+1/p-2. The second-order valence-corrected chi connectivity index (χ2v) is 13.7. The first kappa shape index (κ1) is 34.0. The first-order chi connectivity index (χ1) is 23.0. The van der Waals surface area contributed by atoms with Crippen molar-refractivity contribution < 1.29 is 72.6 Å². The van der Waals surface area contributed by atoms with Crippen LogP contribution in [0.3, 0.4) is 0 Å². The minimum atomic E-state index is -4.81. The Bertz CT molecular complexity index is 2790. The van der Waals surface area contributed by atoms with E-state index in [2.05, 4.69) is 19.9 Å². The van der Waals surface area contributed by atoms with Crippen LogP contribution in [-0.4, -0.2) is 55.8 Å². The van der Waals surface area contributed by atoms with E-state index in [1.165, 1.54) is 36.4 Å². The van der Waals surface area contributed by atoms with Crippen LogP contribution in [0.15, 0.2) is 94.7 Å². The SMILES string of the molecule is O=S(=O)([O-])c1ccc2c3nc4nc(nc5[n-]c(nc6nc(nc([n-]3)c2c1)-c1ccccc1-6)c1ccc(S(=O)(=O)[O-])cc51)-c1ccccc1-4.[Cu+2].[Na+]. The van der Waals surface area contributed by atoms with Crippen molar-refractivity contribution in [3.63, 3.8) is 0 Å². The molecule has 50 heavy (non-hydrogen) atoms. The molecule has 0 fully saturated rings. The molecule has 0 saturated carbocycles. The molecule has 243 valence electrons. The van der Waals surface area contributed by atoms with Gasteiger partial charge in [0.1, 0.15) is 20.2 Å². The molecule has 1 radical (unpaired) electrons. The molecule has 3 aromatic heterocycles. The Hall–Kier alpha value is -4.42. The van der Waals surface area contributed by atoms with E-state index in [-0.39, 0.29) is 103 Å². The van der Waals surface area contributed by atoms with Crippen molar-refractivity contribution >= 4 is 64.4 Å². The van der Waals surface area contributed by atoms with Crippen molar-refractivity contribution in [2.45, 2.75) is 9.79 Å². The van der Waals surface area contributed by atoms with E-state index >= 15 is 0 Å². The molecule has 0 aliphatic carbocycles. The smallest absolute Gasteiger partial charge is 0.744 e. The minimum Gasteiger partial charge on any atom is -0.744 e. The number of benzene rings is 4. The monoisotopic (exact) mass is 756 g/mol. The zero-order valence-electron chi connectivity index (χ0n) is 25.2. The van der Waals surface area contributed by atoms with E-state index in [1.54, 1.807) is 48.5 Å². The molecule has 9 rings (SSSR count).